The lowest BCUT2D eigenvalue weighted by Gasteiger charge is -2.22. The molecule has 0 fully saturated rings. The molecule has 0 bridgehead atoms. The zero-order valence-electron chi connectivity index (χ0n) is 12.1. The summed E-state index contributed by atoms with van der Waals surface area (Å²) in [7, 11) is 0. The quantitative estimate of drug-likeness (QED) is 0.757. The van der Waals surface area contributed by atoms with E-state index in [9.17, 15) is 0 Å². The highest BCUT2D eigenvalue weighted by atomic mass is 16.5. The molecular weight excluding hydrogens is 222 g/mol. The number of hydrogen-bond acceptors (Lipinski definition) is 2. The Hall–Kier alpha value is -0.860. The summed E-state index contributed by atoms with van der Waals surface area (Å²) in [6, 6.07) is 10.8. The van der Waals surface area contributed by atoms with Crippen LogP contribution in [-0.4, -0.2) is 19.3 Å². The SMILES string of the molecule is CCNC(COC(C)CC(C)C)c1ccccc1. The molecule has 0 radical (unpaired) electrons. The van der Waals surface area contributed by atoms with Crippen molar-refractivity contribution in [2.75, 3.05) is 13.2 Å². The largest absolute Gasteiger partial charge is 0.377 e. The summed E-state index contributed by atoms with van der Waals surface area (Å²) in [6.07, 6.45) is 1.45. The highest BCUT2D eigenvalue weighted by Crippen LogP contribution is 2.15. The van der Waals surface area contributed by atoms with E-state index < -0.39 is 0 Å². The van der Waals surface area contributed by atoms with Crippen molar-refractivity contribution in [3.8, 4) is 0 Å². The normalized spacial score (nSPS) is 14.7. The average molecular weight is 249 g/mol. The number of likely N-dealkylation sites (N-methyl/N-ethyl adjacent to an activating group) is 1. The van der Waals surface area contributed by atoms with E-state index in [-0.39, 0.29) is 0 Å². The minimum Gasteiger partial charge on any atom is -0.377 e. The van der Waals surface area contributed by atoms with Crippen molar-refractivity contribution in [2.24, 2.45) is 5.92 Å². The van der Waals surface area contributed by atoms with Gasteiger partial charge in [-0.15, -0.1) is 0 Å². The van der Waals surface area contributed by atoms with Gasteiger partial charge in [-0.05, 0) is 31.4 Å². The van der Waals surface area contributed by atoms with Crippen molar-refractivity contribution in [3.63, 3.8) is 0 Å². The zero-order valence-corrected chi connectivity index (χ0v) is 12.1. The number of hydrogen-bond donors (Lipinski definition) is 1. The molecule has 102 valence electrons. The molecule has 18 heavy (non-hydrogen) atoms. The van der Waals surface area contributed by atoms with Crippen molar-refractivity contribution < 1.29 is 4.74 Å². The van der Waals surface area contributed by atoms with Gasteiger partial charge in [0.25, 0.3) is 0 Å². The van der Waals surface area contributed by atoms with Gasteiger partial charge in [-0.1, -0.05) is 51.1 Å². The van der Waals surface area contributed by atoms with Crippen LogP contribution in [0.5, 0.6) is 0 Å². The van der Waals surface area contributed by atoms with Gasteiger partial charge < -0.3 is 10.1 Å². The number of nitrogens with one attached hydrogen (secondary N) is 1. The standard InChI is InChI=1S/C16H27NO/c1-5-17-16(15-9-7-6-8-10-15)12-18-14(4)11-13(2)3/h6-10,13-14,16-17H,5,11-12H2,1-4H3. The van der Waals surface area contributed by atoms with Gasteiger partial charge in [0.2, 0.25) is 0 Å². The minimum atomic E-state index is 0.297. The molecule has 0 aliphatic rings. The van der Waals surface area contributed by atoms with Gasteiger partial charge >= 0.3 is 0 Å². The van der Waals surface area contributed by atoms with Crippen molar-refractivity contribution in [3.05, 3.63) is 35.9 Å². The molecule has 2 unspecified atom stereocenters. The van der Waals surface area contributed by atoms with E-state index in [2.05, 4.69) is 63.3 Å². The Kier molecular flexibility index (Phi) is 6.99. The van der Waals surface area contributed by atoms with E-state index in [0.717, 1.165) is 19.6 Å². The summed E-state index contributed by atoms with van der Waals surface area (Å²) in [5, 5.41) is 3.48. The van der Waals surface area contributed by atoms with E-state index >= 15 is 0 Å². The van der Waals surface area contributed by atoms with Crippen LogP contribution in [0.25, 0.3) is 0 Å². The lowest BCUT2D eigenvalue weighted by atomic mass is 10.1. The van der Waals surface area contributed by atoms with Crippen molar-refractivity contribution in [1.29, 1.82) is 0 Å². The summed E-state index contributed by atoms with van der Waals surface area (Å²) >= 11 is 0. The van der Waals surface area contributed by atoms with E-state index in [4.69, 9.17) is 4.74 Å². The second kappa shape index (κ2) is 8.28. The molecule has 0 saturated carbocycles. The first-order valence-electron chi connectivity index (χ1n) is 7.03. The number of rotatable bonds is 8. The molecule has 2 heteroatoms. The third kappa shape index (κ3) is 5.65. The molecule has 1 rings (SSSR count). The van der Waals surface area contributed by atoms with Crippen LogP contribution in [0.1, 0.15) is 45.7 Å². The molecule has 2 nitrogen and oxygen atoms in total. The van der Waals surface area contributed by atoms with E-state index in [1.165, 1.54) is 5.56 Å². The molecule has 1 N–H and O–H groups in total. The van der Waals surface area contributed by atoms with Gasteiger partial charge in [0.1, 0.15) is 0 Å². The molecule has 0 spiro atoms. The third-order valence-corrected chi connectivity index (χ3v) is 3.00. The van der Waals surface area contributed by atoms with Crippen LogP contribution in [-0.2, 0) is 4.74 Å². The van der Waals surface area contributed by atoms with E-state index in [0.29, 0.717) is 18.1 Å². The summed E-state index contributed by atoms with van der Waals surface area (Å²) < 4.78 is 5.96. The predicted molar refractivity (Wildman–Crippen MR) is 77.7 cm³/mol. The molecule has 0 aliphatic carbocycles. The fraction of sp³-hybridized carbons (Fsp3) is 0.625. The smallest absolute Gasteiger partial charge is 0.0665 e. The van der Waals surface area contributed by atoms with Crippen molar-refractivity contribution >= 4 is 0 Å². The second-order valence-electron chi connectivity index (χ2n) is 5.29. The first kappa shape index (κ1) is 15.2. The average Bonchev–Trinajstić information content (AvgIpc) is 2.34. The van der Waals surface area contributed by atoms with E-state index in [1.54, 1.807) is 0 Å². The maximum Gasteiger partial charge on any atom is 0.0665 e. The Morgan fingerprint density at radius 1 is 1.11 bits per heavy atom. The Bertz CT molecular complexity index is 310. The molecule has 1 aromatic carbocycles. The Morgan fingerprint density at radius 2 is 1.78 bits per heavy atom. The highest BCUT2D eigenvalue weighted by molar-refractivity contribution is 5.18. The van der Waals surface area contributed by atoms with Gasteiger partial charge in [0.05, 0.1) is 18.8 Å². The van der Waals surface area contributed by atoms with Crippen LogP contribution in [0.4, 0.5) is 0 Å². The molecule has 0 amide bonds. The summed E-state index contributed by atoms with van der Waals surface area (Å²) in [5.74, 6) is 0.689. The lowest BCUT2D eigenvalue weighted by Crippen LogP contribution is -2.27. The van der Waals surface area contributed by atoms with Crippen LogP contribution >= 0.6 is 0 Å². The lowest BCUT2D eigenvalue weighted by molar-refractivity contribution is 0.0373. The summed E-state index contributed by atoms with van der Waals surface area (Å²) in [5.41, 5.74) is 1.30. The first-order valence-corrected chi connectivity index (χ1v) is 7.03. The molecule has 1 aromatic rings. The van der Waals surface area contributed by atoms with Gasteiger partial charge in [0.15, 0.2) is 0 Å². The minimum absolute atomic E-state index is 0.297. The second-order valence-corrected chi connectivity index (χ2v) is 5.29. The van der Waals surface area contributed by atoms with Crippen LogP contribution < -0.4 is 5.32 Å². The van der Waals surface area contributed by atoms with Crippen LogP contribution in [0.2, 0.25) is 0 Å². The Morgan fingerprint density at radius 3 is 2.33 bits per heavy atom. The molecule has 0 saturated heterocycles. The maximum atomic E-state index is 5.96. The van der Waals surface area contributed by atoms with Gasteiger partial charge in [-0.25, -0.2) is 0 Å². The summed E-state index contributed by atoms with van der Waals surface area (Å²) in [4.78, 5) is 0. The van der Waals surface area contributed by atoms with E-state index in [1.807, 2.05) is 0 Å². The molecule has 0 heterocycles. The zero-order chi connectivity index (χ0) is 13.4. The monoisotopic (exact) mass is 249 g/mol. The topological polar surface area (TPSA) is 21.3 Å². The Labute approximate surface area is 112 Å². The third-order valence-electron chi connectivity index (χ3n) is 3.00. The van der Waals surface area contributed by atoms with Crippen LogP contribution in [0, 0.1) is 5.92 Å². The van der Waals surface area contributed by atoms with Gasteiger partial charge in [-0.2, -0.15) is 0 Å². The van der Waals surface area contributed by atoms with Crippen LogP contribution in [0.3, 0.4) is 0 Å². The van der Waals surface area contributed by atoms with Crippen LogP contribution in [0.15, 0.2) is 30.3 Å². The maximum absolute atomic E-state index is 5.96. The number of ether oxygens (including phenoxy) is 1. The molecule has 0 aromatic heterocycles. The summed E-state index contributed by atoms with van der Waals surface area (Å²) in [6.45, 7) is 10.5. The molecule has 2 atom stereocenters. The fourth-order valence-corrected chi connectivity index (χ4v) is 2.20. The van der Waals surface area contributed by atoms with Crippen molar-refractivity contribution in [2.45, 2.75) is 46.3 Å². The van der Waals surface area contributed by atoms with Crippen molar-refractivity contribution in [1.82, 2.24) is 5.32 Å². The highest BCUT2D eigenvalue weighted by Gasteiger charge is 2.12. The van der Waals surface area contributed by atoms with Gasteiger partial charge in [0, 0.05) is 0 Å². The number of benzene rings is 1. The molecular formula is C16H27NO. The first-order chi connectivity index (χ1) is 8.63. The fourth-order valence-electron chi connectivity index (χ4n) is 2.20. The predicted octanol–water partition coefficient (Wildman–Crippen LogP) is 3.79. The van der Waals surface area contributed by atoms with Gasteiger partial charge in [-0.3, -0.25) is 0 Å². The Balaban J connectivity index is 2.48. The molecule has 0 aliphatic heterocycles.